The minimum Gasteiger partial charge on any atom is -0.493 e. The highest BCUT2D eigenvalue weighted by Gasteiger charge is 2.32. The van der Waals surface area contributed by atoms with Crippen LogP contribution in [-0.2, 0) is 17.5 Å². The summed E-state index contributed by atoms with van der Waals surface area (Å²) in [6.45, 7) is 2.94. The molecular weight excluding hydrogens is 423 g/mol. The van der Waals surface area contributed by atoms with Gasteiger partial charge in [0.15, 0.2) is 5.75 Å². The van der Waals surface area contributed by atoms with Gasteiger partial charge in [-0.1, -0.05) is 0 Å². The van der Waals surface area contributed by atoms with E-state index in [0.29, 0.717) is 46.7 Å². The number of halogens is 3. The molecule has 0 spiro atoms. The topological polar surface area (TPSA) is 67.0 Å². The third kappa shape index (κ3) is 3.68. The van der Waals surface area contributed by atoms with Crippen LogP contribution in [0.4, 0.5) is 13.2 Å². The zero-order valence-electron chi connectivity index (χ0n) is 17.6. The van der Waals surface area contributed by atoms with Gasteiger partial charge in [0.25, 0.3) is 0 Å². The van der Waals surface area contributed by atoms with Crippen molar-refractivity contribution in [3.05, 3.63) is 48.2 Å². The van der Waals surface area contributed by atoms with Crippen LogP contribution in [0.25, 0.3) is 21.9 Å². The molecule has 168 valence electrons. The van der Waals surface area contributed by atoms with Crippen molar-refractivity contribution in [2.24, 2.45) is 0 Å². The highest BCUT2D eigenvalue weighted by Crippen LogP contribution is 2.36. The van der Waals surface area contributed by atoms with Crippen molar-refractivity contribution in [1.29, 1.82) is 0 Å². The lowest BCUT2D eigenvalue weighted by Crippen LogP contribution is -2.27. The summed E-state index contributed by atoms with van der Waals surface area (Å²) in [4.78, 5) is 9.12. The van der Waals surface area contributed by atoms with E-state index in [1.54, 1.807) is 30.4 Å². The number of imidazole rings is 1. The maximum Gasteiger partial charge on any atom is 0.416 e. The van der Waals surface area contributed by atoms with Crippen molar-refractivity contribution in [1.82, 2.24) is 24.3 Å². The zero-order valence-corrected chi connectivity index (χ0v) is 17.6. The summed E-state index contributed by atoms with van der Waals surface area (Å²) in [6, 6.07) is 3.69. The standard InChI is InChI=1S/C22H22F3N5O2/c1-13-7-15(5-6-32-13)30-20(12-29-11-16(31-2)9-27-29)28-19-10-26-18-4-3-14(22(23,24)25)8-17(18)21(19)30/h3-4,8-11,13,15H,5-7,12H2,1-2H3/t13-,15-/m1/s1. The number of hydrogen-bond donors (Lipinski definition) is 0. The first kappa shape index (κ1) is 20.7. The van der Waals surface area contributed by atoms with E-state index >= 15 is 0 Å². The molecule has 0 N–H and O–H groups in total. The van der Waals surface area contributed by atoms with E-state index < -0.39 is 11.7 Å². The molecule has 0 bridgehead atoms. The monoisotopic (exact) mass is 445 g/mol. The number of fused-ring (bicyclic) bond motifs is 3. The molecule has 0 aliphatic carbocycles. The number of nitrogens with zero attached hydrogens (tertiary/aromatic N) is 5. The molecule has 0 radical (unpaired) electrons. The molecule has 1 saturated heterocycles. The number of hydrogen-bond acceptors (Lipinski definition) is 5. The van der Waals surface area contributed by atoms with Crippen LogP contribution in [0.1, 0.15) is 37.2 Å². The molecule has 4 aromatic rings. The third-order valence-electron chi connectivity index (χ3n) is 5.89. The Bertz CT molecular complexity index is 1280. The van der Waals surface area contributed by atoms with Crippen LogP contribution in [0.15, 0.2) is 36.8 Å². The molecule has 0 amide bonds. The Kier molecular flexibility index (Phi) is 5.04. The Morgan fingerprint density at radius 1 is 1.22 bits per heavy atom. The summed E-state index contributed by atoms with van der Waals surface area (Å²) < 4.78 is 55.1. The number of benzene rings is 1. The number of pyridine rings is 1. The molecule has 2 atom stereocenters. The molecule has 7 nitrogen and oxygen atoms in total. The Morgan fingerprint density at radius 3 is 2.78 bits per heavy atom. The number of alkyl halides is 3. The molecule has 4 heterocycles. The fourth-order valence-corrected chi connectivity index (χ4v) is 4.40. The first-order valence-corrected chi connectivity index (χ1v) is 10.4. The van der Waals surface area contributed by atoms with E-state index in [1.165, 1.54) is 12.1 Å². The van der Waals surface area contributed by atoms with Crippen molar-refractivity contribution in [3.63, 3.8) is 0 Å². The second kappa shape index (κ2) is 7.77. The molecule has 1 aromatic carbocycles. The Hall–Kier alpha value is -3.14. The molecular formula is C22H22F3N5O2. The lowest BCUT2D eigenvalue weighted by atomic mass is 10.0. The summed E-state index contributed by atoms with van der Waals surface area (Å²) in [5.74, 6) is 1.32. The maximum absolute atomic E-state index is 13.5. The van der Waals surface area contributed by atoms with Crippen LogP contribution >= 0.6 is 0 Å². The lowest BCUT2D eigenvalue weighted by molar-refractivity contribution is -0.137. The van der Waals surface area contributed by atoms with Crippen LogP contribution in [0.3, 0.4) is 0 Å². The van der Waals surface area contributed by atoms with Gasteiger partial charge in [-0.25, -0.2) is 4.98 Å². The predicted molar refractivity (Wildman–Crippen MR) is 112 cm³/mol. The molecule has 10 heteroatoms. The van der Waals surface area contributed by atoms with Crippen molar-refractivity contribution in [3.8, 4) is 5.75 Å². The Morgan fingerprint density at radius 2 is 2.06 bits per heavy atom. The van der Waals surface area contributed by atoms with Crippen LogP contribution in [0, 0.1) is 0 Å². The SMILES string of the molecule is COc1cnn(Cc2nc3cnc4ccc(C(F)(F)F)cc4c3n2[C@@H]2CCO[C@H](C)C2)c1. The molecule has 1 fully saturated rings. The van der Waals surface area contributed by atoms with Gasteiger partial charge in [-0.3, -0.25) is 9.67 Å². The zero-order chi connectivity index (χ0) is 22.5. The summed E-state index contributed by atoms with van der Waals surface area (Å²) >= 11 is 0. The summed E-state index contributed by atoms with van der Waals surface area (Å²) in [6.07, 6.45) is 2.07. The summed E-state index contributed by atoms with van der Waals surface area (Å²) in [5.41, 5.74) is 1.02. The van der Waals surface area contributed by atoms with Gasteiger partial charge in [0.1, 0.15) is 11.3 Å². The van der Waals surface area contributed by atoms with Crippen LogP contribution in [0.5, 0.6) is 5.75 Å². The first-order chi connectivity index (χ1) is 15.3. The molecule has 1 aliphatic rings. The van der Waals surface area contributed by atoms with E-state index in [2.05, 4.69) is 14.6 Å². The van der Waals surface area contributed by atoms with E-state index in [-0.39, 0.29) is 12.1 Å². The van der Waals surface area contributed by atoms with E-state index in [1.807, 2.05) is 6.92 Å². The van der Waals surface area contributed by atoms with E-state index in [0.717, 1.165) is 18.9 Å². The number of methoxy groups -OCH3 is 1. The highest BCUT2D eigenvalue weighted by molar-refractivity contribution is 6.02. The fraction of sp³-hybridized carbons (Fsp3) is 0.409. The van der Waals surface area contributed by atoms with E-state index in [9.17, 15) is 13.2 Å². The Labute approximate surface area is 181 Å². The molecule has 3 aromatic heterocycles. The third-order valence-corrected chi connectivity index (χ3v) is 5.89. The summed E-state index contributed by atoms with van der Waals surface area (Å²) in [5, 5.41) is 4.75. The quantitative estimate of drug-likeness (QED) is 0.460. The largest absolute Gasteiger partial charge is 0.493 e. The van der Waals surface area contributed by atoms with Gasteiger partial charge >= 0.3 is 6.18 Å². The molecule has 1 aliphatic heterocycles. The first-order valence-electron chi connectivity index (χ1n) is 10.4. The number of ether oxygens (including phenoxy) is 2. The minimum atomic E-state index is -4.44. The smallest absolute Gasteiger partial charge is 0.416 e. The average molecular weight is 445 g/mol. The van der Waals surface area contributed by atoms with Crippen molar-refractivity contribution in [2.75, 3.05) is 13.7 Å². The van der Waals surface area contributed by atoms with Gasteiger partial charge in [-0.15, -0.1) is 0 Å². The second-order valence-corrected chi connectivity index (χ2v) is 8.06. The molecule has 32 heavy (non-hydrogen) atoms. The Balaban J connectivity index is 1.73. The van der Waals surface area contributed by atoms with Gasteiger partial charge in [0.2, 0.25) is 0 Å². The van der Waals surface area contributed by atoms with Gasteiger partial charge in [0, 0.05) is 18.0 Å². The molecule has 0 saturated carbocycles. The second-order valence-electron chi connectivity index (χ2n) is 8.06. The van der Waals surface area contributed by atoms with Gasteiger partial charge in [-0.2, -0.15) is 18.3 Å². The normalized spacial score (nSPS) is 19.7. The van der Waals surface area contributed by atoms with Crippen molar-refractivity contribution in [2.45, 2.75) is 44.6 Å². The van der Waals surface area contributed by atoms with Gasteiger partial charge in [0.05, 0.1) is 54.9 Å². The number of rotatable bonds is 4. The predicted octanol–water partition coefficient (Wildman–Crippen LogP) is 4.60. The van der Waals surface area contributed by atoms with Gasteiger partial charge < -0.3 is 14.0 Å². The lowest BCUT2D eigenvalue weighted by Gasteiger charge is -2.30. The fourth-order valence-electron chi connectivity index (χ4n) is 4.40. The van der Waals surface area contributed by atoms with E-state index in [4.69, 9.17) is 14.5 Å². The maximum atomic E-state index is 13.5. The van der Waals surface area contributed by atoms with Gasteiger partial charge in [-0.05, 0) is 38.0 Å². The van der Waals surface area contributed by atoms with Crippen LogP contribution < -0.4 is 4.74 Å². The summed E-state index contributed by atoms with van der Waals surface area (Å²) in [7, 11) is 1.57. The molecule has 0 unspecified atom stereocenters. The number of aromatic nitrogens is 5. The molecule has 5 rings (SSSR count). The minimum absolute atomic E-state index is 0.0383. The average Bonchev–Trinajstić information content (AvgIpc) is 3.37. The van der Waals surface area contributed by atoms with Crippen LogP contribution in [-0.4, -0.2) is 44.1 Å². The van der Waals surface area contributed by atoms with Crippen molar-refractivity contribution >= 4 is 21.9 Å². The van der Waals surface area contributed by atoms with Crippen molar-refractivity contribution < 1.29 is 22.6 Å². The highest BCUT2D eigenvalue weighted by atomic mass is 19.4. The van der Waals surface area contributed by atoms with Crippen LogP contribution in [0.2, 0.25) is 0 Å².